The van der Waals surface area contributed by atoms with E-state index in [-0.39, 0.29) is 17.8 Å². The maximum Gasteiger partial charge on any atom is 0.409 e. The van der Waals surface area contributed by atoms with Gasteiger partial charge < -0.3 is 19.0 Å². The van der Waals surface area contributed by atoms with E-state index in [1.807, 2.05) is 18.2 Å². The van der Waals surface area contributed by atoms with Crippen molar-refractivity contribution in [3.05, 3.63) is 47.2 Å². The van der Waals surface area contributed by atoms with Crippen molar-refractivity contribution in [3.8, 4) is 11.3 Å². The van der Waals surface area contributed by atoms with Crippen LogP contribution >= 0.6 is 11.6 Å². The third-order valence-corrected chi connectivity index (χ3v) is 4.38. The SMILES string of the molecule is CCOC(=O)N1CCN(C(=O)c2ccc(-c3ccccc3Cl)o2)CC1. The van der Waals surface area contributed by atoms with Gasteiger partial charge in [-0.1, -0.05) is 23.7 Å². The number of halogens is 1. The number of rotatable bonds is 3. The zero-order chi connectivity index (χ0) is 17.8. The largest absolute Gasteiger partial charge is 0.451 e. The van der Waals surface area contributed by atoms with Crippen LogP contribution < -0.4 is 0 Å². The van der Waals surface area contributed by atoms with E-state index in [4.69, 9.17) is 20.8 Å². The molecule has 2 heterocycles. The first-order valence-electron chi connectivity index (χ1n) is 8.16. The van der Waals surface area contributed by atoms with E-state index in [1.54, 1.807) is 34.9 Å². The van der Waals surface area contributed by atoms with Crippen LogP contribution in [0.15, 0.2) is 40.8 Å². The molecule has 1 saturated heterocycles. The summed E-state index contributed by atoms with van der Waals surface area (Å²) in [6, 6.07) is 10.7. The molecule has 1 aromatic carbocycles. The highest BCUT2D eigenvalue weighted by molar-refractivity contribution is 6.33. The molecule has 0 saturated carbocycles. The van der Waals surface area contributed by atoms with Crippen LogP contribution in [-0.2, 0) is 4.74 Å². The summed E-state index contributed by atoms with van der Waals surface area (Å²) in [4.78, 5) is 27.6. The standard InChI is InChI=1S/C18H19ClN2O4/c1-2-24-18(23)21-11-9-20(10-12-21)17(22)16-8-7-15(25-16)13-5-3-4-6-14(13)19/h3-8H,2,9-12H2,1H3. The fourth-order valence-electron chi connectivity index (χ4n) is 2.72. The lowest BCUT2D eigenvalue weighted by atomic mass is 10.2. The van der Waals surface area contributed by atoms with Gasteiger partial charge in [-0.05, 0) is 31.2 Å². The number of carbonyl (C=O) groups excluding carboxylic acids is 2. The molecule has 0 N–H and O–H groups in total. The molecule has 2 amide bonds. The number of benzene rings is 1. The van der Waals surface area contributed by atoms with E-state index in [0.717, 1.165) is 5.56 Å². The molecule has 132 valence electrons. The minimum absolute atomic E-state index is 0.193. The van der Waals surface area contributed by atoms with Gasteiger partial charge in [-0.25, -0.2) is 4.79 Å². The number of nitrogens with zero attached hydrogens (tertiary/aromatic N) is 2. The monoisotopic (exact) mass is 362 g/mol. The highest BCUT2D eigenvalue weighted by Gasteiger charge is 2.27. The van der Waals surface area contributed by atoms with Gasteiger partial charge in [-0.3, -0.25) is 4.79 Å². The average molecular weight is 363 g/mol. The number of furan rings is 1. The van der Waals surface area contributed by atoms with Gasteiger partial charge in [0.05, 0.1) is 11.6 Å². The molecule has 1 aromatic heterocycles. The van der Waals surface area contributed by atoms with E-state index in [0.29, 0.717) is 43.6 Å². The molecule has 3 rings (SSSR count). The Morgan fingerprint density at radius 2 is 1.76 bits per heavy atom. The molecule has 0 aliphatic carbocycles. The molecular formula is C18H19ClN2O4. The van der Waals surface area contributed by atoms with Crippen molar-refractivity contribution < 1.29 is 18.7 Å². The third kappa shape index (κ3) is 3.79. The third-order valence-electron chi connectivity index (χ3n) is 4.05. The Hall–Kier alpha value is -2.47. The summed E-state index contributed by atoms with van der Waals surface area (Å²) < 4.78 is 10.7. The Morgan fingerprint density at radius 1 is 1.08 bits per heavy atom. The molecule has 1 aliphatic rings. The average Bonchev–Trinajstić information content (AvgIpc) is 3.11. The molecule has 0 spiro atoms. The van der Waals surface area contributed by atoms with Gasteiger partial charge in [0.1, 0.15) is 5.76 Å². The Balaban J connectivity index is 1.65. The smallest absolute Gasteiger partial charge is 0.409 e. The van der Waals surface area contributed by atoms with E-state index < -0.39 is 0 Å². The zero-order valence-corrected chi connectivity index (χ0v) is 14.7. The predicted molar refractivity (Wildman–Crippen MR) is 93.7 cm³/mol. The predicted octanol–water partition coefficient (Wildman–Crippen LogP) is 3.51. The minimum atomic E-state index is -0.339. The summed E-state index contributed by atoms with van der Waals surface area (Å²) >= 11 is 6.16. The first-order chi connectivity index (χ1) is 12.1. The van der Waals surface area contributed by atoms with Crippen molar-refractivity contribution in [3.63, 3.8) is 0 Å². The Labute approximate surface area is 150 Å². The summed E-state index contributed by atoms with van der Waals surface area (Å²) in [5, 5.41) is 0.568. The Bertz CT molecular complexity index is 766. The van der Waals surface area contributed by atoms with E-state index >= 15 is 0 Å². The van der Waals surface area contributed by atoms with Crippen LogP contribution in [0.1, 0.15) is 17.5 Å². The molecule has 1 aliphatic heterocycles. The summed E-state index contributed by atoms with van der Waals surface area (Å²) in [6.07, 6.45) is -0.339. The summed E-state index contributed by atoms with van der Waals surface area (Å²) in [6.45, 7) is 3.89. The number of piperazine rings is 1. The lowest BCUT2D eigenvalue weighted by molar-refractivity contribution is 0.0547. The number of ether oxygens (including phenoxy) is 1. The number of hydrogen-bond acceptors (Lipinski definition) is 4. The second-order valence-electron chi connectivity index (χ2n) is 5.62. The lowest BCUT2D eigenvalue weighted by Crippen LogP contribution is -2.50. The van der Waals surface area contributed by atoms with Crippen molar-refractivity contribution in [2.45, 2.75) is 6.92 Å². The van der Waals surface area contributed by atoms with Crippen LogP contribution in [0.4, 0.5) is 4.79 Å². The highest BCUT2D eigenvalue weighted by atomic mass is 35.5. The van der Waals surface area contributed by atoms with Crippen LogP contribution in [-0.4, -0.2) is 54.6 Å². The first kappa shape index (κ1) is 17.4. The summed E-state index contributed by atoms with van der Waals surface area (Å²) in [5.74, 6) is 0.625. The maximum absolute atomic E-state index is 12.6. The van der Waals surface area contributed by atoms with Gasteiger partial charge in [0.2, 0.25) is 0 Å². The first-order valence-corrected chi connectivity index (χ1v) is 8.53. The summed E-state index contributed by atoms with van der Waals surface area (Å²) in [7, 11) is 0. The number of hydrogen-bond donors (Lipinski definition) is 0. The molecule has 1 fully saturated rings. The second kappa shape index (κ2) is 7.61. The lowest BCUT2D eigenvalue weighted by Gasteiger charge is -2.33. The molecule has 7 heteroatoms. The van der Waals surface area contributed by atoms with E-state index in [2.05, 4.69) is 0 Å². The second-order valence-corrected chi connectivity index (χ2v) is 6.03. The molecular weight excluding hydrogens is 344 g/mol. The van der Waals surface area contributed by atoms with Crippen molar-refractivity contribution in [1.82, 2.24) is 9.80 Å². The highest BCUT2D eigenvalue weighted by Crippen LogP contribution is 2.29. The van der Waals surface area contributed by atoms with Crippen LogP contribution in [0, 0.1) is 0 Å². The van der Waals surface area contributed by atoms with E-state index in [1.165, 1.54) is 0 Å². The van der Waals surface area contributed by atoms with E-state index in [9.17, 15) is 9.59 Å². The zero-order valence-electron chi connectivity index (χ0n) is 13.9. The molecule has 0 atom stereocenters. The van der Waals surface area contributed by atoms with Gasteiger partial charge in [0.25, 0.3) is 5.91 Å². The van der Waals surface area contributed by atoms with Crippen molar-refractivity contribution >= 4 is 23.6 Å². The molecule has 0 bridgehead atoms. The maximum atomic E-state index is 12.6. The van der Waals surface area contributed by atoms with Crippen LogP contribution in [0.3, 0.4) is 0 Å². The van der Waals surface area contributed by atoms with Crippen LogP contribution in [0.2, 0.25) is 5.02 Å². The van der Waals surface area contributed by atoms with Crippen LogP contribution in [0.5, 0.6) is 0 Å². The van der Waals surface area contributed by atoms with Crippen molar-refractivity contribution in [1.29, 1.82) is 0 Å². The van der Waals surface area contributed by atoms with Gasteiger partial charge in [0, 0.05) is 31.7 Å². The quantitative estimate of drug-likeness (QED) is 0.838. The molecule has 25 heavy (non-hydrogen) atoms. The number of amides is 2. The molecule has 6 nitrogen and oxygen atoms in total. The fraction of sp³-hybridized carbons (Fsp3) is 0.333. The number of carbonyl (C=O) groups is 2. The van der Waals surface area contributed by atoms with Gasteiger partial charge in [-0.15, -0.1) is 0 Å². The minimum Gasteiger partial charge on any atom is -0.451 e. The normalized spacial score (nSPS) is 14.5. The molecule has 0 radical (unpaired) electrons. The Morgan fingerprint density at radius 3 is 2.44 bits per heavy atom. The molecule has 2 aromatic rings. The van der Waals surface area contributed by atoms with Crippen molar-refractivity contribution in [2.75, 3.05) is 32.8 Å². The van der Waals surface area contributed by atoms with Crippen LogP contribution in [0.25, 0.3) is 11.3 Å². The Kier molecular flexibility index (Phi) is 5.28. The van der Waals surface area contributed by atoms with Gasteiger partial charge in [-0.2, -0.15) is 0 Å². The molecule has 0 unspecified atom stereocenters. The fourth-order valence-corrected chi connectivity index (χ4v) is 2.95. The van der Waals surface area contributed by atoms with Crippen molar-refractivity contribution in [2.24, 2.45) is 0 Å². The topological polar surface area (TPSA) is 63.0 Å². The summed E-state index contributed by atoms with van der Waals surface area (Å²) in [5.41, 5.74) is 0.746. The van der Waals surface area contributed by atoms with Gasteiger partial charge in [0.15, 0.2) is 5.76 Å². The van der Waals surface area contributed by atoms with Gasteiger partial charge >= 0.3 is 6.09 Å².